The van der Waals surface area contributed by atoms with E-state index in [4.69, 9.17) is 4.74 Å². The first-order valence-electron chi connectivity index (χ1n) is 8.19. The van der Waals surface area contributed by atoms with E-state index >= 15 is 0 Å². The molecule has 0 saturated carbocycles. The third-order valence-electron chi connectivity index (χ3n) is 4.59. The molecule has 1 aromatic rings. The number of nitrogens with one attached hydrogen (secondary N) is 2. The summed E-state index contributed by atoms with van der Waals surface area (Å²) in [6.07, 6.45) is 1.21. The summed E-state index contributed by atoms with van der Waals surface area (Å²) in [5.41, 5.74) is 0. The average Bonchev–Trinajstić information content (AvgIpc) is 3.00. The van der Waals surface area contributed by atoms with E-state index in [2.05, 4.69) is 15.5 Å². The lowest BCUT2D eigenvalue weighted by Crippen LogP contribution is -2.45. The van der Waals surface area contributed by atoms with Gasteiger partial charge in [-0.3, -0.25) is 9.69 Å². The van der Waals surface area contributed by atoms with Crippen LogP contribution in [0.1, 0.15) is 6.42 Å². The number of rotatable bonds is 6. The molecular weight excluding hydrogens is 278 g/mol. The van der Waals surface area contributed by atoms with Crippen molar-refractivity contribution in [1.29, 1.82) is 0 Å². The Labute approximate surface area is 132 Å². The number of carbonyl (C=O) groups is 1. The highest BCUT2D eigenvalue weighted by atomic mass is 16.5. The molecule has 5 nitrogen and oxygen atoms in total. The van der Waals surface area contributed by atoms with Crippen molar-refractivity contribution in [2.24, 2.45) is 11.8 Å². The predicted molar refractivity (Wildman–Crippen MR) is 85.9 cm³/mol. The molecule has 2 fully saturated rings. The second kappa shape index (κ2) is 7.61. The lowest BCUT2D eigenvalue weighted by atomic mass is 9.89. The zero-order valence-corrected chi connectivity index (χ0v) is 13.0. The van der Waals surface area contributed by atoms with Gasteiger partial charge in [0, 0.05) is 6.54 Å². The van der Waals surface area contributed by atoms with Crippen LogP contribution in [0.15, 0.2) is 30.3 Å². The van der Waals surface area contributed by atoms with Crippen LogP contribution in [0.3, 0.4) is 0 Å². The molecule has 120 valence electrons. The molecule has 1 aromatic carbocycles. The van der Waals surface area contributed by atoms with Gasteiger partial charge < -0.3 is 15.4 Å². The quantitative estimate of drug-likeness (QED) is 0.761. The monoisotopic (exact) mass is 303 g/mol. The van der Waals surface area contributed by atoms with Crippen molar-refractivity contribution in [2.75, 3.05) is 45.9 Å². The average molecular weight is 303 g/mol. The Morgan fingerprint density at radius 2 is 2.09 bits per heavy atom. The van der Waals surface area contributed by atoms with Crippen LogP contribution < -0.4 is 15.4 Å². The molecule has 2 N–H and O–H groups in total. The minimum Gasteiger partial charge on any atom is -0.492 e. The van der Waals surface area contributed by atoms with Gasteiger partial charge in [-0.05, 0) is 50.0 Å². The normalized spacial score (nSPS) is 24.7. The molecule has 5 heteroatoms. The van der Waals surface area contributed by atoms with Crippen molar-refractivity contribution < 1.29 is 9.53 Å². The van der Waals surface area contributed by atoms with Gasteiger partial charge >= 0.3 is 0 Å². The maximum Gasteiger partial charge on any atom is 0.234 e. The Bertz CT molecular complexity index is 480. The molecule has 22 heavy (non-hydrogen) atoms. The summed E-state index contributed by atoms with van der Waals surface area (Å²) in [7, 11) is 0. The van der Waals surface area contributed by atoms with Crippen LogP contribution in [0.2, 0.25) is 0 Å². The van der Waals surface area contributed by atoms with E-state index in [0.717, 1.165) is 43.8 Å². The number of nitrogens with zero attached hydrogens (tertiary/aromatic N) is 1. The number of hydrogen-bond acceptors (Lipinski definition) is 4. The molecule has 0 aliphatic carbocycles. The first-order valence-corrected chi connectivity index (χ1v) is 8.19. The fraction of sp³-hybridized carbons (Fsp3) is 0.588. The van der Waals surface area contributed by atoms with E-state index in [0.29, 0.717) is 19.7 Å². The second-order valence-electron chi connectivity index (χ2n) is 6.21. The third-order valence-corrected chi connectivity index (χ3v) is 4.59. The first kappa shape index (κ1) is 15.3. The summed E-state index contributed by atoms with van der Waals surface area (Å²) in [5, 5.41) is 6.39. The fourth-order valence-electron chi connectivity index (χ4n) is 3.39. The molecule has 2 heterocycles. The van der Waals surface area contributed by atoms with Crippen molar-refractivity contribution in [1.82, 2.24) is 15.5 Å². The summed E-state index contributed by atoms with van der Waals surface area (Å²) in [6.45, 7) is 5.91. The Morgan fingerprint density at radius 3 is 2.95 bits per heavy atom. The fourth-order valence-corrected chi connectivity index (χ4v) is 3.39. The van der Waals surface area contributed by atoms with Gasteiger partial charge in [-0.1, -0.05) is 18.2 Å². The zero-order valence-electron chi connectivity index (χ0n) is 13.0. The smallest absolute Gasteiger partial charge is 0.234 e. The topological polar surface area (TPSA) is 53.6 Å². The number of para-hydroxylation sites is 1. The number of ether oxygens (including phenoxy) is 1. The van der Waals surface area contributed by atoms with Gasteiger partial charge in [-0.25, -0.2) is 0 Å². The van der Waals surface area contributed by atoms with Gasteiger partial charge in [0.05, 0.1) is 13.1 Å². The summed E-state index contributed by atoms with van der Waals surface area (Å²) in [6, 6.07) is 9.67. The van der Waals surface area contributed by atoms with E-state index < -0.39 is 0 Å². The van der Waals surface area contributed by atoms with Crippen molar-refractivity contribution in [3.8, 4) is 5.75 Å². The van der Waals surface area contributed by atoms with Crippen LogP contribution >= 0.6 is 0 Å². The van der Waals surface area contributed by atoms with Crippen molar-refractivity contribution >= 4 is 5.91 Å². The van der Waals surface area contributed by atoms with E-state index in [1.807, 2.05) is 30.3 Å². The number of benzene rings is 1. The number of piperidine rings is 1. The number of hydrogen-bond donors (Lipinski definition) is 2. The zero-order chi connectivity index (χ0) is 15.2. The SMILES string of the molecule is O=C(CN1CCC2CNCC2C1)NCCOc1ccccc1. The van der Waals surface area contributed by atoms with E-state index in [-0.39, 0.29) is 5.91 Å². The molecule has 0 aromatic heterocycles. The lowest BCUT2D eigenvalue weighted by molar-refractivity contribution is -0.122. The molecule has 1 amide bonds. The summed E-state index contributed by atoms with van der Waals surface area (Å²) in [5.74, 6) is 2.48. The van der Waals surface area contributed by atoms with Crippen LogP contribution in [0.5, 0.6) is 5.75 Å². The van der Waals surface area contributed by atoms with Gasteiger partial charge in [-0.15, -0.1) is 0 Å². The maximum atomic E-state index is 12.0. The van der Waals surface area contributed by atoms with Crippen LogP contribution in [-0.4, -0.2) is 56.7 Å². The Hall–Kier alpha value is -1.59. The molecular formula is C17H25N3O2. The van der Waals surface area contributed by atoms with Crippen molar-refractivity contribution in [3.63, 3.8) is 0 Å². The molecule has 2 unspecified atom stereocenters. The van der Waals surface area contributed by atoms with Crippen LogP contribution in [0.25, 0.3) is 0 Å². The highest BCUT2D eigenvalue weighted by Gasteiger charge is 2.33. The highest BCUT2D eigenvalue weighted by Crippen LogP contribution is 2.26. The molecule has 0 radical (unpaired) electrons. The summed E-state index contributed by atoms with van der Waals surface area (Å²) in [4.78, 5) is 14.3. The number of likely N-dealkylation sites (tertiary alicyclic amines) is 1. The minimum absolute atomic E-state index is 0.0982. The molecule has 2 aliphatic rings. The van der Waals surface area contributed by atoms with Crippen LogP contribution in [-0.2, 0) is 4.79 Å². The largest absolute Gasteiger partial charge is 0.492 e. The van der Waals surface area contributed by atoms with Gasteiger partial charge in [0.1, 0.15) is 12.4 Å². The number of fused-ring (bicyclic) bond motifs is 1. The standard InChI is InChI=1S/C17H25N3O2/c21-17(19-7-9-22-16-4-2-1-3-5-16)13-20-8-6-14-10-18-11-15(14)12-20/h1-5,14-15,18H,6-13H2,(H,19,21). The Kier molecular flexibility index (Phi) is 5.29. The predicted octanol–water partition coefficient (Wildman–Crippen LogP) is 0.723. The summed E-state index contributed by atoms with van der Waals surface area (Å²) >= 11 is 0. The van der Waals surface area contributed by atoms with Gasteiger partial charge in [0.15, 0.2) is 0 Å². The minimum atomic E-state index is 0.0982. The summed E-state index contributed by atoms with van der Waals surface area (Å²) < 4.78 is 5.57. The Morgan fingerprint density at radius 1 is 1.27 bits per heavy atom. The molecule has 3 rings (SSSR count). The van der Waals surface area contributed by atoms with Gasteiger partial charge in [0.25, 0.3) is 0 Å². The van der Waals surface area contributed by atoms with Gasteiger partial charge in [0.2, 0.25) is 5.91 Å². The lowest BCUT2D eigenvalue weighted by Gasteiger charge is -2.33. The van der Waals surface area contributed by atoms with Crippen molar-refractivity contribution in [3.05, 3.63) is 30.3 Å². The molecule has 0 bridgehead atoms. The molecule has 2 atom stereocenters. The second-order valence-corrected chi connectivity index (χ2v) is 6.21. The maximum absolute atomic E-state index is 12.0. The van der Waals surface area contributed by atoms with E-state index in [1.54, 1.807) is 0 Å². The highest BCUT2D eigenvalue weighted by molar-refractivity contribution is 5.78. The van der Waals surface area contributed by atoms with Gasteiger partial charge in [-0.2, -0.15) is 0 Å². The Balaban J connectivity index is 1.31. The molecule has 2 saturated heterocycles. The van der Waals surface area contributed by atoms with E-state index in [1.165, 1.54) is 6.42 Å². The molecule has 0 spiro atoms. The van der Waals surface area contributed by atoms with E-state index in [9.17, 15) is 4.79 Å². The molecule has 2 aliphatic heterocycles. The third kappa shape index (κ3) is 4.21. The number of carbonyl (C=O) groups excluding carboxylic acids is 1. The first-order chi connectivity index (χ1) is 10.8. The number of amides is 1. The van der Waals surface area contributed by atoms with Crippen molar-refractivity contribution in [2.45, 2.75) is 6.42 Å². The van der Waals surface area contributed by atoms with Crippen LogP contribution in [0, 0.1) is 11.8 Å². The van der Waals surface area contributed by atoms with Crippen LogP contribution in [0.4, 0.5) is 0 Å².